The Morgan fingerprint density at radius 2 is 2.00 bits per heavy atom. The summed E-state index contributed by atoms with van der Waals surface area (Å²) in [5.41, 5.74) is 2.83. The van der Waals surface area contributed by atoms with Crippen LogP contribution in [0.25, 0.3) is 0 Å². The van der Waals surface area contributed by atoms with Crippen LogP contribution in [-0.2, 0) is 13.0 Å². The van der Waals surface area contributed by atoms with Crippen molar-refractivity contribution >= 4 is 47.8 Å². The third-order valence-corrected chi connectivity index (χ3v) is 5.40. The average molecular weight is 467 g/mol. The van der Waals surface area contributed by atoms with E-state index < -0.39 is 6.10 Å². The molecule has 6 heteroatoms. The summed E-state index contributed by atoms with van der Waals surface area (Å²) in [4.78, 5) is 0. The van der Waals surface area contributed by atoms with Crippen molar-refractivity contribution < 1.29 is 5.11 Å². The molecule has 1 N–H and O–H groups in total. The highest BCUT2D eigenvalue weighted by Gasteiger charge is 2.19. The fourth-order valence-corrected chi connectivity index (χ4v) is 3.46. The van der Waals surface area contributed by atoms with E-state index >= 15 is 0 Å². The second-order valence-electron chi connectivity index (χ2n) is 4.55. The summed E-state index contributed by atoms with van der Waals surface area (Å²) in [6, 6.07) is 5.80. The Kier molecular flexibility index (Phi) is 5.45. The molecule has 108 valence electrons. The van der Waals surface area contributed by atoms with E-state index in [4.69, 9.17) is 0 Å². The Hall–Kier alpha value is -0.170. The van der Waals surface area contributed by atoms with Crippen LogP contribution in [0.2, 0.25) is 0 Å². The Bertz CT molecular complexity index is 625. The van der Waals surface area contributed by atoms with Crippen LogP contribution in [0.5, 0.6) is 0 Å². The lowest BCUT2D eigenvalue weighted by Gasteiger charge is -2.14. The number of hydrogen-bond acceptors (Lipinski definition) is 2. The van der Waals surface area contributed by atoms with Crippen molar-refractivity contribution in [2.75, 3.05) is 0 Å². The van der Waals surface area contributed by atoms with E-state index in [1.807, 2.05) is 36.7 Å². The maximum atomic E-state index is 10.5. The normalized spacial score (nSPS) is 12.7. The van der Waals surface area contributed by atoms with Gasteiger partial charge in [-0.2, -0.15) is 5.10 Å². The minimum Gasteiger partial charge on any atom is -0.388 e. The van der Waals surface area contributed by atoms with Crippen molar-refractivity contribution in [2.24, 2.45) is 0 Å². The molecule has 1 heterocycles. The molecule has 0 saturated carbocycles. The molecule has 1 aromatic heterocycles. The number of rotatable bonds is 4. The van der Waals surface area contributed by atoms with Gasteiger partial charge >= 0.3 is 0 Å². The van der Waals surface area contributed by atoms with Crippen LogP contribution in [0.3, 0.4) is 0 Å². The first-order chi connectivity index (χ1) is 9.43. The number of halogens is 3. The van der Waals surface area contributed by atoms with Gasteiger partial charge in [0.1, 0.15) is 0 Å². The summed E-state index contributed by atoms with van der Waals surface area (Å²) in [7, 11) is 0. The van der Waals surface area contributed by atoms with Gasteiger partial charge in [0.25, 0.3) is 0 Å². The van der Waals surface area contributed by atoms with Gasteiger partial charge in [0.15, 0.2) is 0 Å². The largest absolute Gasteiger partial charge is 0.388 e. The molecule has 1 aromatic carbocycles. The first kappa shape index (κ1) is 16.2. The molecule has 0 aliphatic carbocycles. The number of hydrogen-bond donors (Lipinski definition) is 1. The lowest BCUT2D eigenvalue weighted by Crippen LogP contribution is -2.09. The molecule has 0 saturated heterocycles. The predicted molar refractivity (Wildman–Crippen MR) is 90.8 cm³/mol. The average Bonchev–Trinajstić information content (AvgIpc) is 2.69. The Morgan fingerprint density at radius 3 is 2.65 bits per heavy atom. The van der Waals surface area contributed by atoms with Crippen LogP contribution in [-0.4, -0.2) is 14.9 Å². The highest BCUT2D eigenvalue weighted by molar-refractivity contribution is 9.11. The van der Waals surface area contributed by atoms with Crippen LogP contribution in [0.1, 0.15) is 30.0 Å². The Morgan fingerprint density at radius 1 is 1.30 bits per heavy atom. The highest BCUT2D eigenvalue weighted by atomic mass is 79.9. The van der Waals surface area contributed by atoms with E-state index in [0.29, 0.717) is 6.42 Å². The first-order valence-corrected chi connectivity index (χ1v) is 8.66. The van der Waals surface area contributed by atoms with Gasteiger partial charge in [-0.25, -0.2) is 0 Å². The molecule has 0 aliphatic rings. The van der Waals surface area contributed by atoms with Crippen LogP contribution >= 0.6 is 47.8 Å². The molecule has 0 fully saturated rings. The molecule has 3 nitrogen and oxygen atoms in total. The number of aliphatic hydroxyl groups is 1. The standard InChI is InChI=1S/C14H15Br3N2O/c1-3-19-12(14(17)8(2)18-19)7-13(20)10-6-9(15)4-5-11(10)16/h4-6,13,20H,3,7H2,1-2H3. The summed E-state index contributed by atoms with van der Waals surface area (Å²) >= 11 is 10.5. The van der Waals surface area contributed by atoms with E-state index in [2.05, 4.69) is 52.9 Å². The second kappa shape index (κ2) is 6.73. The minimum atomic E-state index is -0.584. The highest BCUT2D eigenvalue weighted by Crippen LogP contribution is 2.31. The lowest BCUT2D eigenvalue weighted by molar-refractivity contribution is 0.174. The van der Waals surface area contributed by atoms with Gasteiger partial charge in [-0.3, -0.25) is 4.68 Å². The van der Waals surface area contributed by atoms with E-state index in [9.17, 15) is 5.11 Å². The zero-order valence-corrected chi connectivity index (χ0v) is 16.0. The molecule has 20 heavy (non-hydrogen) atoms. The van der Waals surface area contributed by atoms with Crippen LogP contribution in [0.4, 0.5) is 0 Å². The maximum absolute atomic E-state index is 10.5. The number of aryl methyl sites for hydroxylation is 2. The molecule has 2 rings (SSSR count). The van der Waals surface area contributed by atoms with Gasteiger partial charge < -0.3 is 5.11 Å². The van der Waals surface area contributed by atoms with Crippen molar-refractivity contribution in [2.45, 2.75) is 32.9 Å². The lowest BCUT2D eigenvalue weighted by atomic mass is 10.0. The van der Waals surface area contributed by atoms with Gasteiger partial charge in [0, 0.05) is 21.9 Å². The Balaban J connectivity index is 2.32. The maximum Gasteiger partial charge on any atom is 0.0857 e. The molecular formula is C14H15Br3N2O. The molecule has 0 aliphatic heterocycles. The third-order valence-electron chi connectivity index (χ3n) is 3.16. The molecule has 2 aromatic rings. The Labute approximate surface area is 143 Å². The molecule has 0 radical (unpaired) electrons. The van der Waals surface area contributed by atoms with Crippen LogP contribution in [0.15, 0.2) is 31.6 Å². The number of benzene rings is 1. The molecule has 1 atom stereocenters. The van der Waals surface area contributed by atoms with Gasteiger partial charge in [0.2, 0.25) is 0 Å². The van der Waals surface area contributed by atoms with Crippen molar-refractivity contribution in [3.8, 4) is 0 Å². The van der Waals surface area contributed by atoms with Crippen molar-refractivity contribution in [1.82, 2.24) is 9.78 Å². The molecule has 0 bridgehead atoms. The van der Waals surface area contributed by atoms with Crippen molar-refractivity contribution in [3.63, 3.8) is 0 Å². The van der Waals surface area contributed by atoms with E-state index in [1.165, 1.54) is 0 Å². The summed E-state index contributed by atoms with van der Waals surface area (Å²) in [6.45, 7) is 4.79. The van der Waals surface area contributed by atoms with Crippen molar-refractivity contribution in [3.05, 3.63) is 48.6 Å². The molecule has 1 unspecified atom stereocenters. The van der Waals surface area contributed by atoms with Crippen LogP contribution < -0.4 is 0 Å². The molecule has 0 amide bonds. The summed E-state index contributed by atoms with van der Waals surface area (Å²) < 4.78 is 4.76. The van der Waals surface area contributed by atoms with Gasteiger partial charge in [-0.05, 0) is 53.5 Å². The zero-order valence-electron chi connectivity index (χ0n) is 11.2. The summed E-state index contributed by atoms with van der Waals surface area (Å²) in [6.07, 6.45) is -0.0656. The molecular weight excluding hydrogens is 452 g/mol. The second-order valence-corrected chi connectivity index (χ2v) is 7.11. The first-order valence-electron chi connectivity index (χ1n) is 6.28. The number of nitrogens with zero attached hydrogens (tertiary/aromatic N) is 2. The third kappa shape index (κ3) is 3.35. The SMILES string of the molecule is CCn1nc(C)c(Br)c1CC(O)c1cc(Br)ccc1Br. The van der Waals surface area contributed by atoms with Crippen LogP contribution in [0, 0.1) is 6.92 Å². The minimum absolute atomic E-state index is 0.518. The topological polar surface area (TPSA) is 38.0 Å². The van der Waals surface area contributed by atoms with E-state index in [0.717, 1.165) is 36.9 Å². The fourth-order valence-electron chi connectivity index (χ4n) is 2.13. The van der Waals surface area contributed by atoms with E-state index in [-0.39, 0.29) is 0 Å². The smallest absolute Gasteiger partial charge is 0.0857 e. The quantitative estimate of drug-likeness (QED) is 0.704. The van der Waals surface area contributed by atoms with Gasteiger partial charge in [-0.15, -0.1) is 0 Å². The van der Waals surface area contributed by atoms with Crippen molar-refractivity contribution in [1.29, 1.82) is 0 Å². The number of aromatic nitrogens is 2. The zero-order chi connectivity index (χ0) is 14.9. The monoisotopic (exact) mass is 464 g/mol. The van der Waals surface area contributed by atoms with Gasteiger partial charge in [-0.1, -0.05) is 31.9 Å². The fraction of sp³-hybridized carbons (Fsp3) is 0.357. The predicted octanol–water partition coefficient (Wildman–Crippen LogP) is 4.78. The molecule has 0 spiro atoms. The summed E-state index contributed by atoms with van der Waals surface area (Å²) in [5, 5.41) is 15.0. The number of aliphatic hydroxyl groups excluding tert-OH is 1. The van der Waals surface area contributed by atoms with E-state index in [1.54, 1.807) is 0 Å². The van der Waals surface area contributed by atoms with Gasteiger partial charge in [0.05, 0.1) is 22.0 Å². The summed E-state index contributed by atoms with van der Waals surface area (Å²) in [5.74, 6) is 0.